The van der Waals surface area contributed by atoms with Gasteiger partial charge >= 0.3 is 0 Å². The SMILES string of the molecule is COc1ccc(F)c(OC)c1C1(C)CCCN1. The molecule has 4 heteroatoms. The fourth-order valence-corrected chi connectivity index (χ4v) is 2.54. The van der Waals surface area contributed by atoms with Crippen molar-refractivity contribution in [1.29, 1.82) is 0 Å². The molecule has 0 radical (unpaired) electrons. The Kier molecular flexibility index (Phi) is 3.24. The van der Waals surface area contributed by atoms with Gasteiger partial charge in [0.1, 0.15) is 5.75 Å². The molecule has 1 aliphatic heterocycles. The number of methoxy groups -OCH3 is 2. The van der Waals surface area contributed by atoms with E-state index in [1.165, 1.54) is 13.2 Å². The smallest absolute Gasteiger partial charge is 0.165 e. The van der Waals surface area contributed by atoms with E-state index < -0.39 is 0 Å². The molecule has 94 valence electrons. The van der Waals surface area contributed by atoms with Gasteiger partial charge in [-0.1, -0.05) is 0 Å². The molecule has 0 amide bonds. The Balaban J connectivity index is 2.59. The highest BCUT2D eigenvalue weighted by atomic mass is 19.1. The zero-order valence-electron chi connectivity index (χ0n) is 10.5. The molecular weight excluding hydrogens is 221 g/mol. The molecule has 0 aliphatic carbocycles. The number of benzene rings is 1. The van der Waals surface area contributed by atoms with Crippen molar-refractivity contribution in [3.05, 3.63) is 23.5 Å². The molecule has 1 aliphatic rings. The maximum Gasteiger partial charge on any atom is 0.165 e. The average Bonchev–Trinajstić information content (AvgIpc) is 2.76. The highest BCUT2D eigenvalue weighted by Crippen LogP contribution is 2.43. The van der Waals surface area contributed by atoms with Gasteiger partial charge in [0.25, 0.3) is 0 Å². The summed E-state index contributed by atoms with van der Waals surface area (Å²) in [6.07, 6.45) is 2.02. The molecule has 17 heavy (non-hydrogen) atoms. The third-order valence-corrected chi connectivity index (χ3v) is 3.42. The van der Waals surface area contributed by atoms with E-state index >= 15 is 0 Å². The van der Waals surface area contributed by atoms with Gasteiger partial charge in [-0.15, -0.1) is 0 Å². The largest absolute Gasteiger partial charge is 0.496 e. The number of ether oxygens (including phenoxy) is 2. The first-order valence-corrected chi connectivity index (χ1v) is 5.78. The average molecular weight is 239 g/mol. The van der Waals surface area contributed by atoms with Crippen molar-refractivity contribution in [3.63, 3.8) is 0 Å². The number of rotatable bonds is 3. The molecular formula is C13H18FNO2. The normalized spacial score (nSPS) is 23.8. The van der Waals surface area contributed by atoms with Crippen LogP contribution in [-0.2, 0) is 5.54 Å². The van der Waals surface area contributed by atoms with E-state index in [0.717, 1.165) is 24.9 Å². The minimum atomic E-state index is -0.349. The van der Waals surface area contributed by atoms with E-state index in [0.29, 0.717) is 5.75 Å². The first kappa shape index (κ1) is 12.2. The highest BCUT2D eigenvalue weighted by molar-refractivity contribution is 5.50. The third-order valence-electron chi connectivity index (χ3n) is 3.42. The van der Waals surface area contributed by atoms with Crippen LogP contribution < -0.4 is 14.8 Å². The fraction of sp³-hybridized carbons (Fsp3) is 0.538. The van der Waals surface area contributed by atoms with Crippen LogP contribution >= 0.6 is 0 Å². The van der Waals surface area contributed by atoms with Crippen molar-refractivity contribution in [1.82, 2.24) is 5.32 Å². The van der Waals surface area contributed by atoms with Crippen LogP contribution in [-0.4, -0.2) is 20.8 Å². The summed E-state index contributed by atoms with van der Waals surface area (Å²) >= 11 is 0. The van der Waals surface area contributed by atoms with Crippen molar-refractivity contribution < 1.29 is 13.9 Å². The van der Waals surface area contributed by atoms with Crippen molar-refractivity contribution in [2.45, 2.75) is 25.3 Å². The maximum atomic E-state index is 13.8. The molecule has 0 spiro atoms. The van der Waals surface area contributed by atoms with Crippen LogP contribution in [0.3, 0.4) is 0 Å². The Morgan fingerprint density at radius 3 is 2.59 bits per heavy atom. The minimum absolute atomic E-state index is 0.279. The van der Waals surface area contributed by atoms with E-state index in [4.69, 9.17) is 9.47 Å². The molecule has 1 fully saturated rings. The molecule has 0 saturated carbocycles. The van der Waals surface area contributed by atoms with Gasteiger partial charge in [-0.05, 0) is 38.4 Å². The van der Waals surface area contributed by atoms with Crippen molar-refractivity contribution in [3.8, 4) is 11.5 Å². The van der Waals surface area contributed by atoms with Crippen LogP contribution in [0.5, 0.6) is 11.5 Å². The van der Waals surface area contributed by atoms with Gasteiger partial charge < -0.3 is 14.8 Å². The van der Waals surface area contributed by atoms with Gasteiger partial charge in [0.05, 0.1) is 19.8 Å². The molecule has 0 bridgehead atoms. The number of hydrogen-bond donors (Lipinski definition) is 1. The third kappa shape index (κ3) is 1.97. The van der Waals surface area contributed by atoms with Crippen LogP contribution in [0.4, 0.5) is 4.39 Å². The minimum Gasteiger partial charge on any atom is -0.496 e. The summed E-state index contributed by atoms with van der Waals surface area (Å²) in [6, 6.07) is 3.03. The van der Waals surface area contributed by atoms with Crippen LogP contribution in [0, 0.1) is 5.82 Å². The van der Waals surface area contributed by atoms with E-state index in [1.54, 1.807) is 13.2 Å². The summed E-state index contributed by atoms with van der Waals surface area (Å²) < 4.78 is 24.3. The Bertz CT molecular complexity index is 414. The quantitative estimate of drug-likeness (QED) is 0.878. The van der Waals surface area contributed by atoms with Gasteiger partial charge in [-0.25, -0.2) is 4.39 Å². The van der Waals surface area contributed by atoms with E-state index in [-0.39, 0.29) is 17.1 Å². The van der Waals surface area contributed by atoms with Gasteiger partial charge in [-0.2, -0.15) is 0 Å². The fourth-order valence-electron chi connectivity index (χ4n) is 2.54. The molecule has 1 unspecified atom stereocenters. The second-order valence-corrected chi connectivity index (χ2v) is 4.52. The molecule has 1 aromatic rings. The zero-order chi connectivity index (χ0) is 12.5. The standard InChI is InChI=1S/C13H18FNO2/c1-13(7-4-8-15-13)11-10(16-2)6-5-9(14)12(11)17-3/h5-6,15H,4,7-8H2,1-3H3. The monoisotopic (exact) mass is 239 g/mol. The number of halogens is 1. The summed E-state index contributed by atoms with van der Waals surface area (Å²) in [4.78, 5) is 0. The first-order valence-electron chi connectivity index (χ1n) is 5.78. The van der Waals surface area contributed by atoms with Crippen molar-refractivity contribution >= 4 is 0 Å². The van der Waals surface area contributed by atoms with Gasteiger partial charge in [-0.3, -0.25) is 0 Å². The summed E-state index contributed by atoms with van der Waals surface area (Å²) in [6.45, 7) is 2.99. The van der Waals surface area contributed by atoms with E-state index in [1.807, 2.05) is 0 Å². The molecule has 3 nitrogen and oxygen atoms in total. The molecule has 1 aromatic carbocycles. The topological polar surface area (TPSA) is 30.5 Å². The molecule has 2 rings (SSSR count). The van der Waals surface area contributed by atoms with E-state index in [9.17, 15) is 4.39 Å². The Morgan fingerprint density at radius 1 is 1.29 bits per heavy atom. The van der Waals surface area contributed by atoms with E-state index in [2.05, 4.69) is 12.2 Å². The summed E-state index contributed by atoms with van der Waals surface area (Å²) in [5.41, 5.74) is 0.499. The lowest BCUT2D eigenvalue weighted by atomic mass is 9.88. The number of nitrogens with one attached hydrogen (secondary N) is 1. The van der Waals surface area contributed by atoms with Crippen LogP contribution in [0.15, 0.2) is 12.1 Å². The van der Waals surface area contributed by atoms with Crippen molar-refractivity contribution in [2.24, 2.45) is 0 Å². The predicted octanol–water partition coefficient (Wildman–Crippen LogP) is 2.44. The van der Waals surface area contributed by atoms with Crippen LogP contribution in [0.1, 0.15) is 25.3 Å². The van der Waals surface area contributed by atoms with Gasteiger partial charge in [0.15, 0.2) is 11.6 Å². The second-order valence-electron chi connectivity index (χ2n) is 4.52. The molecule has 1 N–H and O–H groups in total. The lowest BCUT2D eigenvalue weighted by Gasteiger charge is -2.28. The van der Waals surface area contributed by atoms with Crippen LogP contribution in [0.25, 0.3) is 0 Å². The first-order chi connectivity index (χ1) is 8.12. The molecule has 1 saturated heterocycles. The Morgan fingerprint density at radius 2 is 2.06 bits per heavy atom. The van der Waals surface area contributed by atoms with Gasteiger partial charge in [0, 0.05) is 5.54 Å². The summed E-state index contributed by atoms with van der Waals surface area (Å²) in [7, 11) is 3.08. The maximum absolute atomic E-state index is 13.8. The van der Waals surface area contributed by atoms with Gasteiger partial charge in [0.2, 0.25) is 0 Å². The predicted molar refractivity (Wildman–Crippen MR) is 64.1 cm³/mol. The lowest BCUT2D eigenvalue weighted by molar-refractivity contribution is 0.327. The molecule has 1 atom stereocenters. The highest BCUT2D eigenvalue weighted by Gasteiger charge is 2.36. The Hall–Kier alpha value is -1.29. The zero-order valence-corrected chi connectivity index (χ0v) is 10.5. The summed E-state index contributed by atoms with van der Waals surface area (Å²) in [5, 5.41) is 3.40. The molecule has 0 aromatic heterocycles. The van der Waals surface area contributed by atoms with Crippen LogP contribution in [0.2, 0.25) is 0 Å². The second kappa shape index (κ2) is 4.53. The lowest BCUT2D eigenvalue weighted by Crippen LogP contribution is -2.34. The molecule has 1 heterocycles. The Labute approximate surface area is 101 Å². The summed E-state index contributed by atoms with van der Waals surface area (Å²) in [5.74, 6) is 0.597. The van der Waals surface area contributed by atoms with Crippen molar-refractivity contribution in [2.75, 3.05) is 20.8 Å². The number of hydrogen-bond acceptors (Lipinski definition) is 3.